The Kier molecular flexibility index (Phi) is 6.37. The first-order chi connectivity index (χ1) is 15.2. The predicted molar refractivity (Wildman–Crippen MR) is 120 cm³/mol. The van der Waals surface area contributed by atoms with E-state index in [1.807, 2.05) is 47.4 Å². The molecule has 160 valence electrons. The van der Waals surface area contributed by atoms with Crippen molar-refractivity contribution in [2.75, 3.05) is 19.7 Å². The summed E-state index contributed by atoms with van der Waals surface area (Å²) in [7, 11) is 0. The van der Waals surface area contributed by atoms with Crippen LogP contribution in [-0.4, -0.2) is 60.8 Å². The van der Waals surface area contributed by atoms with E-state index in [4.69, 9.17) is 0 Å². The molecule has 0 saturated carbocycles. The Balaban J connectivity index is 1.46. The predicted octanol–water partition coefficient (Wildman–Crippen LogP) is 3.03. The van der Waals surface area contributed by atoms with Gasteiger partial charge < -0.3 is 10.0 Å². The summed E-state index contributed by atoms with van der Waals surface area (Å²) < 4.78 is 1.64. The number of likely N-dealkylation sites (tertiary alicyclic amines) is 1. The Morgan fingerprint density at radius 3 is 3.06 bits per heavy atom. The minimum absolute atomic E-state index is 0.0645. The van der Waals surface area contributed by atoms with Crippen LogP contribution < -0.4 is 0 Å². The van der Waals surface area contributed by atoms with E-state index >= 15 is 0 Å². The number of H-pyrrole nitrogens is 1. The lowest BCUT2D eigenvalue weighted by molar-refractivity contribution is -0.132. The second-order valence-corrected chi connectivity index (χ2v) is 7.63. The summed E-state index contributed by atoms with van der Waals surface area (Å²) in [6.45, 7) is 5.28. The van der Waals surface area contributed by atoms with Gasteiger partial charge in [-0.05, 0) is 37.0 Å². The quantitative estimate of drug-likeness (QED) is 0.575. The Hall–Kier alpha value is -3.52. The first kappa shape index (κ1) is 20.7. The average molecular weight is 419 g/mol. The van der Waals surface area contributed by atoms with Crippen molar-refractivity contribution in [2.45, 2.75) is 19.3 Å². The average Bonchev–Trinajstić information content (AvgIpc) is 3.45. The van der Waals surface area contributed by atoms with Gasteiger partial charge in [0, 0.05) is 31.5 Å². The molecule has 0 bridgehead atoms. The molecule has 1 amide bonds. The van der Waals surface area contributed by atoms with Gasteiger partial charge in [0.25, 0.3) is 0 Å². The molecule has 2 N–H and O–H groups in total. The number of hydrogen-bond acceptors (Lipinski definition) is 5. The van der Waals surface area contributed by atoms with Crippen LogP contribution in [0.25, 0.3) is 28.0 Å². The normalized spacial score (nSPS) is 17.5. The highest BCUT2D eigenvalue weighted by Crippen LogP contribution is 2.24. The van der Waals surface area contributed by atoms with Crippen LogP contribution in [0.3, 0.4) is 0 Å². The number of aliphatic hydroxyl groups excluding tert-OH is 1. The maximum absolute atomic E-state index is 12.5. The van der Waals surface area contributed by atoms with Gasteiger partial charge in [0.05, 0.1) is 17.4 Å². The minimum Gasteiger partial charge on any atom is -0.396 e. The lowest BCUT2D eigenvalue weighted by Crippen LogP contribution is -2.40. The molecule has 3 heterocycles. The third-order valence-electron chi connectivity index (χ3n) is 5.47. The second-order valence-electron chi connectivity index (χ2n) is 7.63. The van der Waals surface area contributed by atoms with Crippen molar-refractivity contribution in [1.82, 2.24) is 30.1 Å². The molecule has 1 aromatic carbocycles. The van der Waals surface area contributed by atoms with Crippen molar-refractivity contribution in [3.63, 3.8) is 0 Å². The van der Waals surface area contributed by atoms with E-state index in [0.717, 1.165) is 41.7 Å². The number of carbonyl (C=O) groups excluding carboxylic acids is 1. The van der Waals surface area contributed by atoms with Crippen molar-refractivity contribution in [1.29, 1.82) is 0 Å². The molecule has 8 nitrogen and oxygen atoms in total. The Morgan fingerprint density at radius 1 is 1.35 bits per heavy atom. The van der Waals surface area contributed by atoms with Gasteiger partial charge in [0.15, 0.2) is 0 Å². The number of benzene rings is 1. The molecule has 8 heteroatoms. The number of rotatable bonds is 7. The van der Waals surface area contributed by atoms with Crippen LogP contribution in [0.1, 0.15) is 19.3 Å². The number of nitrogens with zero attached hydrogens (tertiary/aromatic N) is 5. The van der Waals surface area contributed by atoms with Crippen LogP contribution in [0.4, 0.5) is 0 Å². The summed E-state index contributed by atoms with van der Waals surface area (Å²) in [6.07, 6.45) is 11.2. The summed E-state index contributed by atoms with van der Waals surface area (Å²) in [5.74, 6) is 0.249. The van der Waals surface area contributed by atoms with Crippen LogP contribution in [0.5, 0.6) is 0 Å². The van der Waals surface area contributed by atoms with Gasteiger partial charge in [0.1, 0.15) is 11.4 Å². The topological polar surface area (TPSA) is 99.9 Å². The molecule has 3 aromatic rings. The molecule has 1 atom stereocenters. The van der Waals surface area contributed by atoms with E-state index in [9.17, 15) is 9.90 Å². The molecule has 2 aromatic heterocycles. The van der Waals surface area contributed by atoms with Crippen LogP contribution in [0.15, 0.2) is 61.3 Å². The molecule has 1 fully saturated rings. The smallest absolute Gasteiger partial charge is 0.226 e. The fourth-order valence-electron chi connectivity index (χ4n) is 3.84. The zero-order valence-electron chi connectivity index (χ0n) is 17.3. The number of nitrogens with one attached hydrogen (secondary N) is 1. The lowest BCUT2D eigenvalue weighted by Gasteiger charge is -2.31. The number of aromatic amines is 1. The SMILES string of the molecule is C=C/C=C(\C=C/CC(=O)N1CCCC(CO)C1)n1cc(-c2n[nH]c3ccccc23)nn1. The molecule has 0 spiro atoms. The lowest BCUT2D eigenvalue weighted by atomic mass is 9.99. The van der Waals surface area contributed by atoms with Crippen LogP contribution >= 0.6 is 0 Å². The first-order valence-electron chi connectivity index (χ1n) is 10.4. The van der Waals surface area contributed by atoms with Gasteiger partial charge in [-0.1, -0.05) is 42.1 Å². The minimum atomic E-state index is 0.0645. The zero-order chi connectivity index (χ0) is 21.6. The Bertz CT molecular complexity index is 1130. The van der Waals surface area contributed by atoms with E-state index < -0.39 is 0 Å². The maximum Gasteiger partial charge on any atom is 0.226 e. The largest absolute Gasteiger partial charge is 0.396 e. The van der Waals surface area contributed by atoms with Gasteiger partial charge in [-0.2, -0.15) is 5.10 Å². The van der Waals surface area contributed by atoms with E-state index in [1.165, 1.54) is 0 Å². The standard InChI is InChI=1S/C23H26N6O2/c1-2-7-18(9-5-12-22(31)28-13-6-8-17(14-28)16-30)29-15-21(25-27-29)23-19-10-3-4-11-20(19)24-26-23/h2-5,7,9-11,15,17,30H,1,6,8,12-14,16H2,(H,24,26)/b9-5-,18-7+. The van der Waals surface area contributed by atoms with E-state index in [-0.39, 0.29) is 24.9 Å². The molecule has 1 unspecified atom stereocenters. The van der Waals surface area contributed by atoms with Crippen molar-refractivity contribution in [3.05, 3.63) is 61.3 Å². The van der Waals surface area contributed by atoms with E-state index in [0.29, 0.717) is 12.2 Å². The Morgan fingerprint density at radius 2 is 2.23 bits per heavy atom. The molecule has 31 heavy (non-hydrogen) atoms. The van der Waals surface area contributed by atoms with Gasteiger partial charge in [-0.15, -0.1) is 5.10 Å². The molecular weight excluding hydrogens is 392 g/mol. The summed E-state index contributed by atoms with van der Waals surface area (Å²) in [6, 6.07) is 7.86. The number of hydrogen-bond donors (Lipinski definition) is 2. The number of amides is 1. The highest BCUT2D eigenvalue weighted by Gasteiger charge is 2.22. The molecule has 4 rings (SSSR count). The molecule has 0 radical (unpaired) electrons. The third kappa shape index (κ3) is 4.64. The van der Waals surface area contributed by atoms with Gasteiger partial charge >= 0.3 is 0 Å². The van der Waals surface area contributed by atoms with E-state index in [2.05, 4.69) is 27.1 Å². The number of aliphatic hydroxyl groups is 1. The number of carbonyl (C=O) groups is 1. The second kappa shape index (κ2) is 9.53. The monoisotopic (exact) mass is 418 g/mol. The Labute approximate surface area is 180 Å². The molecule has 1 saturated heterocycles. The van der Waals surface area contributed by atoms with Crippen molar-refractivity contribution in [3.8, 4) is 11.4 Å². The molecule has 1 aliphatic heterocycles. The number of allylic oxidation sites excluding steroid dienone is 4. The van der Waals surface area contributed by atoms with Gasteiger partial charge in [-0.25, -0.2) is 4.68 Å². The molecule has 0 aliphatic carbocycles. The van der Waals surface area contributed by atoms with Crippen molar-refractivity contribution in [2.24, 2.45) is 5.92 Å². The number of para-hydroxylation sites is 1. The number of fused-ring (bicyclic) bond motifs is 1. The zero-order valence-corrected chi connectivity index (χ0v) is 17.3. The van der Waals surface area contributed by atoms with Crippen LogP contribution in [0.2, 0.25) is 0 Å². The number of piperidine rings is 1. The first-order valence-corrected chi connectivity index (χ1v) is 10.4. The van der Waals surface area contributed by atoms with Gasteiger partial charge in [-0.3, -0.25) is 9.89 Å². The summed E-state index contributed by atoms with van der Waals surface area (Å²) in [5.41, 5.74) is 3.07. The highest BCUT2D eigenvalue weighted by molar-refractivity contribution is 5.91. The van der Waals surface area contributed by atoms with Crippen LogP contribution in [0, 0.1) is 5.92 Å². The number of aromatic nitrogens is 5. The van der Waals surface area contributed by atoms with Crippen molar-refractivity contribution < 1.29 is 9.90 Å². The fraction of sp³-hybridized carbons (Fsp3) is 0.304. The summed E-state index contributed by atoms with van der Waals surface area (Å²) >= 11 is 0. The highest BCUT2D eigenvalue weighted by atomic mass is 16.3. The molecule has 1 aliphatic rings. The summed E-state index contributed by atoms with van der Waals surface area (Å²) in [4.78, 5) is 14.4. The third-order valence-corrected chi connectivity index (χ3v) is 5.47. The van der Waals surface area contributed by atoms with Crippen molar-refractivity contribution >= 4 is 22.5 Å². The molecular formula is C23H26N6O2. The van der Waals surface area contributed by atoms with E-state index in [1.54, 1.807) is 17.0 Å². The van der Waals surface area contributed by atoms with Crippen LogP contribution in [-0.2, 0) is 4.79 Å². The maximum atomic E-state index is 12.5. The summed E-state index contributed by atoms with van der Waals surface area (Å²) in [5, 5.41) is 26.2. The van der Waals surface area contributed by atoms with Gasteiger partial charge in [0.2, 0.25) is 5.91 Å². The fourth-order valence-corrected chi connectivity index (χ4v) is 3.84.